The minimum absolute atomic E-state index is 0.472. The average Bonchev–Trinajstić information content (AvgIpc) is 1.84. The Balaban J connectivity index is 2.49. The number of aliphatic imine (C=N–C) groups is 1. The van der Waals surface area contributed by atoms with Gasteiger partial charge in [0.2, 0.25) is 0 Å². The molecule has 0 aromatic heterocycles. The van der Waals surface area contributed by atoms with Crippen LogP contribution in [0.2, 0.25) is 0 Å². The van der Waals surface area contributed by atoms with Gasteiger partial charge in [-0.2, -0.15) is 0 Å². The van der Waals surface area contributed by atoms with Gasteiger partial charge in [-0.05, 0) is 18.1 Å². The molecule has 0 N–H and O–H groups in total. The van der Waals surface area contributed by atoms with Crippen LogP contribution in [0.5, 0.6) is 0 Å². The Morgan fingerprint density at radius 1 is 1.57 bits per heavy atom. The summed E-state index contributed by atoms with van der Waals surface area (Å²) in [7, 11) is 0. The Hall–Kier alpha value is -0.330. The van der Waals surface area contributed by atoms with Gasteiger partial charge in [0.25, 0.3) is 0 Å². The van der Waals surface area contributed by atoms with Crippen LogP contribution in [0, 0.1) is 5.41 Å². The zero-order valence-corrected chi connectivity index (χ0v) is 4.94. The molecule has 0 spiro atoms. The lowest BCUT2D eigenvalue weighted by atomic mass is 9.93. The smallest absolute Gasteiger partial charge is 0.0440 e. The van der Waals surface area contributed by atoms with Crippen molar-refractivity contribution in [3.8, 4) is 0 Å². The van der Waals surface area contributed by atoms with Gasteiger partial charge in [-0.3, -0.25) is 4.99 Å². The second-order valence-corrected chi connectivity index (χ2v) is 2.89. The predicted molar refractivity (Wildman–Crippen MR) is 31.8 cm³/mol. The molecule has 0 fully saturated rings. The molecule has 0 radical (unpaired) electrons. The fraction of sp³-hybridized carbons (Fsp3) is 0.833. The second-order valence-electron chi connectivity index (χ2n) is 2.89. The summed E-state index contributed by atoms with van der Waals surface area (Å²) < 4.78 is 0. The summed E-state index contributed by atoms with van der Waals surface area (Å²) in [6.07, 6.45) is 3.17. The molecule has 0 atom stereocenters. The summed E-state index contributed by atoms with van der Waals surface area (Å²) in [5.41, 5.74) is 0.472. The van der Waals surface area contributed by atoms with Gasteiger partial charge in [-0.15, -0.1) is 0 Å². The van der Waals surface area contributed by atoms with Crippen LogP contribution in [-0.4, -0.2) is 12.8 Å². The molecular formula is C6H11N. The molecule has 0 bridgehead atoms. The molecule has 1 rings (SSSR count). The van der Waals surface area contributed by atoms with Crippen molar-refractivity contribution in [3.05, 3.63) is 0 Å². The predicted octanol–water partition coefficient (Wildman–Crippen LogP) is 1.49. The average molecular weight is 97.2 g/mol. The molecule has 1 heteroatoms. The Morgan fingerprint density at radius 2 is 2.29 bits per heavy atom. The van der Waals surface area contributed by atoms with Crippen LogP contribution in [0.3, 0.4) is 0 Å². The summed E-state index contributed by atoms with van der Waals surface area (Å²) in [4.78, 5) is 4.11. The van der Waals surface area contributed by atoms with E-state index in [0.717, 1.165) is 13.0 Å². The summed E-state index contributed by atoms with van der Waals surface area (Å²) in [5, 5.41) is 0. The van der Waals surface area contributed by atoms with Crippen molar-refractivity contribution in [1.29, 1.82) is 0 Å². The molecule has 1 aliphatic rings. The van der Waals surface area contributed by atoms with E-state index in [1.165, 1.54) is 0 Å². The summed E-state index contributed by atoms with van der Waals surface area (Å²) in [5.74, 6) is 0. The van der Waals surface area contributed by atoms with Gasteiger partial charge in [0.1, 0.15) is 0 Å². The first-order chi connectivity index (χ1) is 3.21. The first-order valence-corrected chi connectivity index (χ1v) is 2.69. The van der Waals surface area contributed by atoms with E-state index in [1.54, 1.807) is 0 Å². The molecule has 0 aromatic rings. The molecule has 0 saturated carbocycles. The third-order valence-electron chi connectivity index (χ3n) is 1.29. The van der Waals surface area contributed by atoms with Crippen LogP contribution in [0.15, 0.2) is 4.99 Å². The lowest BCUT2D eigenvalue weighted by molar-refractivity contribution is 0.424. The van der Waals surface area contributed by atoms with E-state index in [9.17, 15) is 0 Å². The fourth-order valence-corrected chi connectivity index (χ4v) is 0.688. The summed E-state index contributed by atoms with van der Waals surface area (Å²) in [6.45, 7) is 5.49. The first-order valence-electron chi connectivity index (χ1n) is 2.69. The highest BCUT2D eigenvalue weighted by molar-refractivity contribution is 5.60. The van der Waals surface area contributed by atoms with Crippen molar-refractivity contribution in [1.82, 2.24) is 0 Å². The van der Waals surface area contributed by atoms with Crippen molar-refractivity contribution in [2.75, 3.05) is 6.54 Å². The molecular weight excluding hydrogens is 86.1 g/mol. The minimum atomic E-state index is 0.472. The van der Waals surface area contributed by atoms with E-state index in [2.05, 4.69) is 18.8 Å². The molecule has 1 nitrogen and oxygen atoms in total. The molecule has 40 valence electrons. The van der Waals surface area contributed by atoms with Gasteiger partial charge < -0.3 is 0 Å². The van der Waals surface area contributed by atoms with Gasteiger partial charge in [0.15, 0.2) is 0 Å². The van der Waals surface area contributed by atoms with Crippen LogP contribution in [0.4, 0.5) is 0 Å². The zero-order valence-electron chi connectivity index (χ0n) is 4.94. The number of hydrogen-bond acceptors (Lipinski definition) is 1. The Morgan fingerprint density at radius 3 is 2.43 bits per heavy atom. The van der Waals surface area contributed by atoms with E-state index >= 15 is 0 Å². The van der Waals surface area contributed by atoms with Gasteiger partial charge in [-0.25, -0.2) is 0 Å². The number of hydrogen-bond donors (Lipinski definition) is 0. The van der Waals surface area contributed by atoms with Crippen molar-refractivity contribution in [2.24, 2.45) is 10.4 Å². The van der Waals surface area contributed by atoms with E-state index in [-0.39, 0.29) is 0 Å². The van der Waals surface area contributed by atoms with Crippen LogP contribution in [0.1, 0.15) is 20.3 Å². The Labute approximate surface area is 44.5 Å². The van der Waals surface area contributed by atoms with Gasteiger partial charge in [-0.1, -0.05) is 13.8 Å². The molecule has 1 heterocycles. The maximum absolute atomic E-state index is 4.11. The number of rotatable bonds is 0. The molecule has 0 amide bonds. The highest BCUT2D eigenvalue weighted by atomic mass is 14.8. The molecule has 0 aliphatic carbocycles. The molecule has 0 aromatic carbocycles. The van der Waals surface area contributed by atoms with E-state index in [0.29, 0.717) is 5.41 Å². The topological polar surface area (TPSA) is 12.4 Å². The van der Waals surface area contributed by atoms with Crippen molar-refractivity contribution in [3.63, 3.8) is 0 Å². The fourth-order valence-electron chi connectivity index (χ4n) is 0.688. The van der Waals surface area contributed by atoms with Crippen LogP contribution >= 0.6 is 0 Å². The lowest BCUT2D eigenvalue weighted by Gasteiger charge is -2.12. The van der Waals surface area contributed by atoms with Crippen LogP contribution < -0.4 is 0 Å². The van der Waals surface area contributed by atoms with Crippen molar-refractivity contribution in [2.45, 2.75) is 20.3 Å². The minimum Gasteiger partial charge on any atom is -0.297 e. The number of nitrogens with zero attached hydrogens (tertiary/aromatic N) is 1. The quantitative estimate of drug-likeness (QED) is 0.434. The largest absolute Gasteiger partial charge is 0.297 e. The van der Waals surface area contributed by atoms with Gasteiger partial charge in [0, 0.05) is 6.54 Å². The first kappa shape index (κ1) is 4.82. The monoisotopic (exact) mass is 97.1 g/mol. The maximum Gasteiger partial charge on any atom is 0.0440 e. The molecule has 1 aliphatic heterocycles. The highest BCUT2D eigenvalue weighted by Gasteiger charge is 2.18. The summed E-state index contributed by atoms with van der Waals surface area (Å²) >= 11 is 0. The SMILES string of the molecule is CC1(C)CC=NC1. The van der Waals surface area contributed by atoms with Gasteiger partial charge in [0.05, 0.1) is 0 Å². The standard InChI is InChI=1S/C6H11N/c1-6(2)3-4-7-5-6/h4H,3,5H2,1-2H3. The van der Waals surface area contributed by atoms with E-state index in [1.807, 2.05) is 6.21 Å². The normalized spacial score (nSPS) is 26.0. The van der Waals surface area contributed by atoms with Crippen molar-refractivity contribution >= 4 is 6.21 Å². The third-order valence-corrected chi connectivity index (χ3v) is 1.29. The van der Waals surface area contributed by atoms with E-state index in [4.69, 9.17) is 0 Å². The van der Waals surface area contributed by atoms with Crippen LogP contribution in [-0.2, 0) is 0 Å². The van der Waals surface area contributed by atoms with Crippen LogP contribution in [0.25, 0.3) is 0 Å². The van der Waals surface area contributed by atoms with Crippen molar-refractivity contribution < 1.29 is 0 Å². The Kier molecular flexibility index (Phi) is 0.911. The lowest BCUT2D eigenvalue weighted by Crippen LogP contribution is -2.09. The third kappa shape index (κ3) is 1.02. The highest BCUT2D eigenvalue weighted by Crippen LogP contribution is 2.22. The zero-order chi connectivity index (χ0) is 5.33. The molecule has 0 saturated heterocycles. The Bertz CT molecular complexity index is 82.4. The maximum atomic E-state index is 4.11. The van der Waals surface area contributed by atoms with Gasteiger partial charge >= 0.3 is 0 Å². The second kappa shape index (κ2) is 1.32. The molecule has 7 heavy (non-hydrogen) atoms. The molecule has 0 unspecified atom stereocenters. The summed E-state index contributed by atoms with van der Waals surface area (Å²) in [6, 6.07) is 0. The van der Waals surface area contributed by atoms with E-state index < -0.39 is 0 Å².